The van der Waals surface area contributed by atoms with E-state index in [9.17, 15) is 4.79 Å². The molecule has 0 saturated heterocycles. The molecule has 1 saturated carbocycles. The summed E-state index contributed by atoms with van der Waals surface area (Å²) in [6.45, 7) is 0. The maximum atomic E-state index is 10.4. The lowest BCUT2D eigenvalue weighted by atomic mass is 9.87. The van der Waals surface area contributed by atoms with E-state index >= 15 is 0 Å². The first kappa shape index (κ1) is 12.1. The Balaban J connectivity index is 1.84. The minimum absolute atomic E-state index is 0.222. The molecule has 0 atom stereocenters. The van der Waals surface area contributed by atoms with Crippen LogP contribution in [-0.4, -0.2) is 21.0 Å². The van der Waals surface area contributed by atoms with Gasteiger partial charge in [0.15, 0.2) is 0 Å². The average molecular weight is 236 g/mol. The summed E-state index contributed by atoms with van der Waals surface area (Å²) in [5, 5.41) is 8.57. The number of rotatable bonds is 5. The van der Waals surface area contributed by atoms with Crippen molar-refractivity contribution in [3.63, 3.8) is 0 Å². The predicted octanol–water partition coefficient (Wildman–Crippen LogP) is 2.86. The van der Waals surface area contributed by atoms with Crippen molar-refractivity contribution in [3.05, 3.63) is 17.7 Å². The minimum Gasteiger partial charge on any atom is -0.481 e. The lowest BCUT2D eigenvalue weighted by Gasteiger charge is -2.19. The molecule has 0 radical (unpaired) electrons. The van der Waals surface area contributed by atoms with Gasteiger partial charge in [-0.2, -0.15) is 0 Å². The van der Waals surface area contributed by atoms with E-state index in [-0.39, 0.29) is 6.42 Å². The maximum absolute atomic E-state index is 10.4. The van der Waals surface area contributed by atoms with Crippen LogP contribution in [0.1, 0.15) is 62.4 Å². The fraction of sp³-hybridized carbons (Fsp3) is 0.692. The Morgan fingerprint density at radius 2 is 2.18 bits per heavy atom. The number of hydrogen-bond acceptors (Lipinski definition) is 2. The Bertz CT molecular complexity index is 367. The molecule has 2 rings (SSSR count). The molecule has 1 heterocycles. The van der Waals surface area contributed by atoms with Gasteiger partial charge in [0.1, 0.15) is 5.82 Å². The molecule has 94 valence electrons. The third-order valence-corrected chi connectivity index (χ3v) is 3.50. The lowest BCUT2D eigenvalue weighted by molar-refractivity contribution is -0.137. The predicted molar refractivity (Wildman–Crippen MR) is 65.0 cm³/mol. The van der Waals surface area contributed by atoms with Crippen LogP contribution in [0.3, 0.4) is 0 Å². The molecule has 4 heteroatoms. The fourth-order valence-corrected chi connectivity index (χ4v) is 2.53. The second kappa shape index (κ2) is 5.84. The third kappa shape index (κ3) is 3.58. The summed E-state index contributed by atoms with van der Waals surface area (Å²) in [6.07, 6.45) is 10.1. The monoisotopic (exact) mass is 236 g/mol. The second-order valence-electron chi connectivity index (χ2n) is 4.87. The average Bonchev–Trinajstić information content (AvgIpc) is 2.78. The van der Waals surface area contributed by atoms with Gasteiger partial charge in [0.2, 0.25) is 0 Å². The molecule has 1 aromatic heterocycles. The molecule has 0 aliphatic heterocycles. The highest BCUT2D eigenvalue weighted by atomic mass is 16.4. The van der Waals surface area contributed by atoms with E-state index in [0.717, 1.165) is 12.2 Å². The first-order chi connectivity index (χ1) is 8.25. The van der Waals surface area contributed by atoms with E-state index < -0.39 is 5.97 Å². The molecule has 1 fully saturated rings. The van der Waals surface area contributed by atoms with Crippen molar-refractivity contribution in [1.82, 2.24) is 9.97 Å². The highest BCUT2D eigenvalue weighted by molar-refractivity contribution is 5.66. The molecule has 0 unspecified atom stereocenters. The van der Waals surface area contributed by atoms with Gasteiger partial charge in [-0.15, -0.1) is 0 Å². The minimum atomic E-state index is -0.732. The number of aromatic amines is 1. The van der Waals surface area contributed by atoms with Crippen molar-refractivity contribution in [2.75, 3.05) is 0 Å². The summed E-state index contributed by atoms with van der Waals surface area (Å²) in [5.74, 6) is 0.848. The first-order valence-electron chi connectivity index (χ1n) is 6.51. The van der Waals surface area contributed by atoms with E-state index in [1.807, 2.05) is 6.20 Å². The first-order valence-corrected chi connectivity index (χ1v) is 6.51. The molecule has 0 amide bonds. The molecular formula is C13H20N2O2. The lowest BCUT2D eigenvalue weighted by Crippen LogP contribution is -2.05. The van der Waals surface area contributed by atoms with Gasteiger partial charge in [0.05, 0.1) is 0 Å². The van der Waals surface area contributed by atoms with Crippen molar-refractivity contribution < 1.29 is 9.90 Å². The molecule has 17 heavy (non-hydrogen) atoms. The number of nitrogens with zero attached hydrogens (tertiary/aromatic N) is 1. The molecule has 0 spiro atoms. The molecule has 0 bridgehead atoms. The van der Waals surface area contributed by atoms with E-state index in [1.54, 1.807) is 0 Å². The van der Waals surface area contributed by atoms with E-state index in [0.29, 0.717) is 12.3 Å². The molecule has 1 aliphatic carbocycles. The zero-order valence-electron chi connectivity index (χ0n) is 10.1. The SMILES string of the molecule is O=C(O)CCCc1ncc(C2CCCCC2)[nH]1. The number of aryl methyl sites for hydroxylation is 1. The highest BCUT2D eigenvalue weighted by Crippen LogP contribution is 2.31. The van der Waals surface area contributed by atoms with Crippen LogP contribution in [0.2, 0.25) is 0 Å². The van der Waals surface area contributed by atoms with Crippen LogP contribution in [0.5, 0.6) is 0 Å². The van der Waals surface area contributed by atoms with Gasteiger partial charge >= 0.3 is 5.97 Å². The third-order valence-electron chi connectivity index (χ3n) is 3.50. The number of nitrogens with one attached hydrogen (secondary N) is 1. The normalized spacial score (nSPS) is 17.2. The molecular weight excluding hydrogens is 216 g/mol. The van der Waals surface area contributed by atoms with Crippen molar-refractivity contribution in [1.29, 1.82) is 0 Å². The van der Waals surface area contributed by atoms with Crippen LogP contribution in [0.4, 0.5) is 0 Å². The number of H-pyrrole nitrogens is 1. The number of aromatic nitrogens is 2. The van der Waals surface area contributed by atoms with Gasteiger partial charge < -0.3 is 10.1 Å². The van der Waals surface area contributed by atoms with Crippen LogP contribution in [0, 0.1) is 0 Å². The van der Waals surface area contributed by atoms with Gasteiger partial charge in [-0.1, -0.05) is 19.3 Å². The Kier molecular flexibility index (Phi) is 4.18. The number of carbonyl (C=O) groups is 1. The Labute approximate surface area is 101 Å². The van der Waals surface area contributed by atoms with Crippen molar-refractivity contribution >= 4 is 5.97 Å². The van der Waals surface area contributed by atoms with Crippen molar-refractivity contribution in [2.45, 2.75) is 57.3 Å². The van der Waals surface area contributed by atoms with Crippen molar-refractivity contribution in [3.8, 4) is 0 Å². The van der Waals surface area contributed by atoms with Crippen LogP contribution in [-0.2, 0) is 11.2 Å². The number of aliphatic carboxylic acids is 1. The summed E-state index contributed by atoms with van der Waals surface area (Å²) >= 11 is 0. The highest BCUT2D eigenvalue weighted by Gasteiger charge is 2.17. The standard InChI is InChI=1S/C13H20N2O2/c16-13(17)8-4-7-12-14-9-11(15-12)10-5-2-1-3-6-10/h9-10H,1-8H2,(H,14,15)(H,16,17). The van der Waals surface area contributed by atoms with E-state index in [1.165, 1.54) is 37.8 Å². The van der Waals surface area contributed by atoms with Crippen molar-refractivity contribution in [2.24, 2.45) is 0 Å². The van der Waals surface area contributed by atoms with Gasteiger partial charge in [-0.3, -0.25) is 4.79 Å². The fourth-order valence-electron chi connectivity index (χ4n) is 2.53. The molecule has 0 aromatic carbocycles. The number of carboxylic acid groups (broad SMARTS) is 1. The number of hydrogen-bond donors (Lipinski definition) is 2. The molecule has 2 N–H and O–H groups in total. The summed E-state index contributed by atoms with van der Waals surface area (Å²) in [7, 11) is 0. The van der Waals surface area contributed by atoms with Gasteiger partial charge in [0, 0.05) is 30.7 Å². The number of carboxylic acids is 1. The Hall–Kier alpha value is -1.32. The van der Waals surface area contributed by atoms with Crippen LogP contribution in [0.25, 0.3) is 0 Å². The summed E-state index contributed by atoms with van der Waals surface area (Å²) in [6, 6.07) is 0. The topological polar surface area (TPSA) is 66.0 Å². The van der Waals surface area contributed by atoms with Crippen LogP contribution in [0.15, 0.2) is 6.20 Å². The maximum Gasteiger partial charge on any atom is 0.303 e. The second-order valence-corrected chi connectivity index (χ2v) is 4.87. The summed E-state index contributed by atoms with van der Waals surface area (Å²) in [5.41, 5.74) is 1.25. The smallest absolute Gasteiger partial charge is 0.303 e. The van der Waals surface area contributed by atoms with Gasteiger partial charge in [0.25, 0.3) is 0 Å². The molecule has 1 aliphatic rings. The zero-order chi connectivity index (χ0) is 12.1. The summed E-state index contributed by atoms with van der Waals surface area (Å²) in [4.78, 5) is 18.1. The quantitative estimate of drug-likeness (QED) is 0.826. The molecule has 1 aromatic rings. The Morgan fingerprint density at radius 3 is 2.88 bits per heavy atom. The molecule has 4 nitrogen and oxygen atoms in total. The Morgan fingerprint density at radius 1 is 1.41 bits per heavy atom. The zero-order valence-corrected chi connectivity index (χ0v) is 10.1. The largest absolute Gasteiger partial charge is 0.481 e. The van der Waals surface area contributed by atoms with Crippen LogP contribution >= 0.6 is 0 Å². The van der Waals surface area contributed by atoms with E-state index in [4.69, 9.17) is 5.11 Å². The number of imidazole rings is 1. The van der Waals surface area contributed by atoms with Crippen LogP contribution < -0.4 is 0 Å². The summed E-state index contributed by atoms with van der Waals surface area (Å²) < 4.78 is 0. The van der Waals surface area contributed by atoms with E-state index in [2.05, 4.69) is 9.97 Å². The van der Waals surface area contributed by atoms with Gasteiger partial charge in [-0.05, 0) is 19.3 Å². The van der Waals surface area contributed by atoms with Gasteiger partial charge in [-0.25, -0.2) is 4.98 Å².